The molecule has 2 aliphatic rings. The number of carbonyl (C=O) groups excluding carboxylic acids is 10. The maximum atomic E-state index is 15.5. The third-order valence-corrected chi connectivity index (χ3v) is 14.2. The number of amides is 8. The summed E-state index contributed by atoms with van der Waals surface area (Å²) in [5.41, 5.74) is 4.35. The molecule has 434 valence electrons. The monoisotopic (exact) mass is 1140 g/mol. The fraction of sp³-hybridized carbons (Fsp3) is 0.281. The standard InChI is InChI=1S/C64H66N8O12/c1-10-83-61(79)43-19-15-22-46(31-43)66-64(82)72(54-34-69(58(76)38(4)5)51-28-26-40(7)30-53(51)71(60(54)78)36-56(74)48-24-14-12-18-42(48)9)84-62(80)44-20-16-21-45(32-44)65-63(81)67-49-33-68(57(75)37(2)3)50-27-25-39(6)29-52(50)70(59(49)77)35-55(73)47-23-13-11-17-41(47)8/h11-32,37-38,49,54H,10,33-36H2,1-9H3,(H,66,82)(H2,65,67,81). The van der Waals surface area contributed by atoms with E-state index in [0.29, 0.717) is 44.3 Å². The zero-order chi connectivity index (χ0) is 60.7. The zero-order valence-electron chi connectivity index (χ0n) is 48.2. The number of urea groups is 2. The lowest BCUT2D eigenvalue weighted by Crippen LogP contribution is -2.57. The molecule has 0 saturated carbocycles. The van der Waals surface area contributed by atoms with Gasteiger partial charge in [-0.15, -0.1) is 5.06 Å². The Bertz CT molecular complexity index is 3620. The highest BCUT2D eigenvalue weighted by Gasteiger charge is 2.45. The van der Waals surface area contributed by atoms with Gasteiger partial charge in [-0.1, -0.05) is 100 Å². The smallest absolute Gasteiger partial charge is 0.363 e. The molecule has 6 aromatic rings. The van der Waals surface area contributed by atoms with Crippen LogP contribution in [0.4, 0.5) is 43.7 Å². The number of carbonyl (C=O) groups is 10. The van der Waals surface area contributed by atoms with Crippen molar-refractivity contribution in [3.63, 3.8) is 0 Å². The van der Waals surface area contributed by atoms with Crippen molar-refractivity contribution in [3.8, 4) is 0 Å². The van der Waals surface area contributed by atoms with Crippen molar-refractivity contribution < 1.29 is 57.5 Å². The van der Waals surface area contributed by atoms with Crippen LogP contribution in [-0.2, 0) is 28.8 Å². The van der Waals surface area contributed by atoms with Crippen molar-refractivity contribution >= 4 is 93.3 Å². The third-order valence-electron chi connectivity index (χ3n) is 14.2. The number of aryl methyl sites for hydroxylation is 4. The van der Waals surface area contributed by atoms with Crippen LogP contribution in [0.15, 0.2) is 133 Å². The number of hydrogen-bond acceptors (Lipinski definition) is 12. The molecule has 8 rings (SSSR count). The average Bonchev–Trinajstić information content (AvgIpc) is 2.63. The van der Waals surface area contributed by atoms with Crippen molar-refractivity contribution in [2.24, 2.45) is 11.8 Å². The van der Waals surface area contributed by atoms with Gasteiger partial charge in [0.1, 0.15) is 6.04 Å². The number of hydrogen-bond donors (Lipinski definition) is 3. The molecule has 0 bridgehead atoms. The van der Waals surface area contributed by atoms with Crippen molar-refractivity contribution in [2.75, 3.05) is 63.0 Å². The minimum atomic E-state index is -1.85. The van der Waals surface area contributed by atoms with Crippen molar-refractivity contribution in [2.45, 2.75) is 74.4 Å². The third kappa shape index (κ3) is 13.3. The van der Waals surface area contributed by atoms with Crippen molar-refractivity contribution in [1.29, 1.82) is 0 Å². The van der Waals surface area contributed by atoms with Crippen molar-refractivity contribution in [1.82, 2.24) is 10.4 Å². The summed E-state index contributed by atoms with van der Waals surface area (Å²) in [5.74, 6) is -6.37. The van der Waals surface area contributed by atoms with E-state index >= 15 is 4.79 Å². The van der Waals surface area contributed by atoms with Gasteiger partial charge in [0.2, 0.25) is 11.8 Å². The van der Waals surface area contributed by atoms with Gasteiger partial charge in [-0.3, -0.25) is 28.8 Å². The molecule has 84 heavy (non-hydrogen) atoms. The molecular formula is C64H66N8O12. The van der Waals surface area contributed by atoms with Crippen LogP contribution in [0.5, 0.6) is 0 Å². The maximum Gasteiger partial charge on any atom is 0.363 e. The van der Waals surface area contributed by atoms with E-state index < -0.39 is 91.1 Å². The Morgan fingerprint density at radius 2 is 1.02 bits per heavy atom. The van der Waals surface area contributed by atoms with E-state index in [1.165, 1.54) is 63.2 Å². The molecule has 0 aliphatic carbocycles. The Morgan fingerprint density at radius 1 is 0.548 bits per heavy atom. The minimum Gasteiger partial charge on any atom is -0.462 e. The predicted molar refractivity (Wildman–Crippen MR) is 317 cm³/mol. The van der Waals surface area contributed by atoms with E-state index in [1.54, 1.807) is 140 Å². The highest BCUT2D eigenvalue weighted by Crippen LogP contribution is 2.38. The summed E-state index contributed by atoms with van der Waals surface area (Å²) in [6, 6.07) is 29.6. The molecule has 0 spiro atoms. The summed E-state index contributed by atoms with van der Waals surface area (Å²) in [7, 11) is 0. The molecule has 20 heteroatoms. The van der Waals surface area contributed by atoms with Crippen LogP contribution in [0.25, 0.3) is 0 Å². The highest BCUT2D eigenvalue weighted by molar-refractivity contribution is 6.15. The van der Waals surface area contributed by atoms with E-state index in [0.717, 1.165) is 10.5 Å². The van der Waals surface area contributed by atoms with Crippen LogP contribution in [0.3, 0.4) is 0 Å². The Hall–Kier alpha value is -9.98. The molecule has 20 nitrogen and oxygen atoms in total. The molecule has 0 fully saturated rings. The number of hydroxylamine groups is 2. The predicted octanol–water partition coefficient (Wildman–Crippen LogP) is 9.40. The number of nitrogens with zero attached hydrogens (tertiary/aromatic N) is 5. The van der Waals surface area contributed by atoms with Gasteiger partial charge in [0.25, 0.3) is 11.8 Å². The fourth-order valence-corrected chi connectivity index (χ4v) is 9.90. The first-order valence-corrected chi connectivity index (χ1v) is 27.5. The molecule has 0 aromatic heterocycles. The van der Waals surface area contributed by atoms with Crippen LogP contribution in [0.2, 0.25) is 0 Å². The molecule has 6 aromatic carbocycles. The SMILES string of the molecule is CCOC(=O)c1cccc(NC(=O)N(OC(=O)c2cccc(NC(=O)NC3CN(C(=O)C(C)C)c4ccc(C)cc4N(CC(=O)c4ccccc4C)C3=O)c2)C2CN(C(=O)C(C)C)c3ccc(C)cc3N(CC(=O)c3ccccc3C)C2=O)c1. The average molecular weight is 1140 g/mol. The Labute approximate surface area is 486 Å². The van der Waals surface area contributed by atoms with E-state index in [9.17, 15) is 43.2 Å². The van der Waals surface area contributed by atoms with Gasteiger partial charge in [0.15, 0.2) is 17.6 Å². The summed E-state index contributed by atoms with van der Waals surface area (Å²) in [4.78, 5) is 155. The number of ether oxygens (including phenoxy) is 1. The van der Waals surface area contributed by atoms with E-state index in [4.69, 9.17) is 9.57 Å². The van der Waals surface area contributed by atoms with E-state index in [2.05, 4.69) is 16.0 Å². The number of fused-ring (bicyclic) bond motifs is 2. The van der Waals surface area contributed by atoms with Gasteiger partial charge in [0.05, 0.1) is 66.7 Å². The Morgan fingerprint density at radius 3 is 1.52 bits per heavy atom. The molecule has 2 aliphatic heterocycles. The first-order valence-electron chi connectivity index (χ1n) is 27.5. The molecule has 0 saturated heterocycles. The van der Waals surface area contributed by atoms with Crippen molar-refractivity contribution in [3.05, 3.63) is 178 Å². The number of benzene rings is 6. The number of anilines is 6. The summed E-state index contributed by atoms with van der Waals surface area (Å²) < 4.78 is 5.17. The normalized spacial score (nSPS) is 14.8. The van der Waals surface area contributed by atoms with Gasteiger partial charge in [-0.2, -0.15) is 0 Å². The van der Waals surface area contributed by atoms with Gasteiger partial charge in [-0.25, -0.2) is 19.2 Å². The molecule has 8 amide bonds. The lowest BCUT2D eigenvalue weighted by Gasteiger charge is -2.32. The fourth-order valence-electron chi connectivity index (χ4n) is 9.90. The molecule has 0 radical (unpaired) electrons. The maximum absolute atomic E-state index is 15.5. The summed E-state index contributed by atoms with van der Waals surface area (Å²) in [6.07, 6.45) is 0. The second-order valence-electron chi connectivity index (χ2n) is 21.2. The first kappa shape index (κ1) is 60.1. The second-order valence-corrected chi connectivity index (χ2v) is 21.2. The summed E-state index contributed by atoms with van der Waals surface area (Å²) >= 11 is 0. The van der Waals surface area contributed by atoms with Crippen LogP contribution >= 0.6 is 0 Å². The van der Waals surface area contributed by atoms with Gasteiger partial charge >= 0.3 is 24.0 Å². The molecule has 2 heterocycles. The Kier molecular flexibility index (Phi) is 18.5. The van der Waals surface area contributed by atoms with Gasteiger partial charge in [0, 0.05) is 34.3 Å². The number of ketones is 2. The highest BCUT2D eigenvalue weighted by atomic mass is 16.7. The van der Waals surface area contributed by atoms with Gasteiger partial charge < -0.3 is 45.1 Å². The lowest BCUT2D eigenvalue weighted by molar-refractivity contribution is -0.138. The second kappa shape index (κ2) is 25.9. The minimum absolute atomic E-state index is 0.0126. The van der Waals surface area contributed by atoms with Crippen LogP contribution < -0.4 is 35.6 Å². The lowest BCUT2D eigenvalue weighted by atomic mass is 10.0. The summed E-state index contributed by atoms with van der Waals surface area (Å²) in [5, 5.41) is 8.43. The number of rotatable bonds is 15. The molecule has 3 N–H and O–H groups in total. The quantitative estimate of drug-likeness (QED) is 0.0495. The number of esters is 1. The summed E-state index contributed by atoms with van der Waals surface area (Å²) in [6.45, 7) is 13.6. The zero-order valence-corrected chi connectivity index (χ0v) is 48.2. The van der Waals surface area contributed by atoms with E-state index in [1.807, 2.05) is 6.92 Å². The molecule has 2 unspecified atom stereocenters. The largest absolute Gasteiger partial charge is 0.462 e. The number of nitrogens with one attached hydrogen (secondary N) is 3. The van der Waals surface area contributed by atoms with Gasteiger partial charge in [-0.05, 0) is 118 Å². The van der Waals surface area contributed by atoms with Crippen LogP contribution in [-0.4, -0.2) is 109 Å². The number of Topliss-reactive ketones (excluding diaryl/α,β-unsaturated/α-hetero) is 2. The Balaban J connectivity index is 1.13. The topological polar surface area (TPSA) is 241 Å². The van der Waals surface area contributed by atoms with Crippen LogP contribution in [0.1, 0.15) is 98.3 Å². The van der Waals surface area contributed by atoms with E-state index in [-0.39, 0.29) is 58.7 Å². The first-order chi connectivity index (χ1) is 40.0. The van der Waals surface area contributed by atoms with Crippen LogP contribution in [0, 0.1) is 39.5 Å². The molecule has 2 atom stereocenters. The molecular weight excluding hydrogens is 1070 g/mol.